The Morgan fingerprint density at radius 2 is 1.53 bits per heavy atom. The standard InChI is InChI=1S/C18H22N/c1-17(2)15-10-6-5-9-14(15)13-19-12-8-7-11-16(19)18(17,3)4/h5-12H,13H2,1-4H3/q+1. The summed E-state index contributed by atoms with van der Waals surface area (Å²) in [6.45, 7) is 10.4. The lowest BCUT2D eigenvalue weighted by Crippen LogP contribution is -2.48. The molecule has 98 valence electrons. The summed E-state index contributed by atoms with van der Waals surface area (Å²) in [6.07, 6.45) is 2.20. The molecule has 1 heteroatoms. The Morgan fingerprint density at radius 3 is 2.32 bits per heavy atom. The topological polar surface area (TPSA) is 3.88 Å². The molecule has 0 saturated carbocycles. The number of rotatable bonds is 0. The fourth-order valence-electron chi connectivity index (χ4n) is 3.29. The molecule has 0 atom stereocenters. The van der Waals surface area contributed by atoms with Crippen molar-refractivity contribution in [1.29, 1.82) is 0 Å². The van der Waals surface area contributed by atoms with Crippen LogP contribution in [-0.2, 0) is 17.4 Å². The quantitative estimate of drug-likeness (QED) is 0.631. The minimum Gasteiger partial charge on any atom is -0.198 e. The van der Waals surface area contributed by atoms with Gasteiger partial charge in [0, 0.05) is 23.1 Å². The van der Waals surface area contributed by atoms with Crippen LogP contribution in [0.2, 0.25) is 0 Å². The van der Waals surface area contributed by atoms with Gasteiger partial charge in [0.15, 0.2) is 18.4 Å². The molecule has 1 aliphatic rings. The van der Waals surface area contributed by atoms with Crippen molar-refractivity contribution in [2.75, 3.05) is 0 Å². The van der Waals surface area contributed by atoms with Crippen LogP contribution in [0.5, 0.6) is 0 Å². The molecule has 0 N–H and O–H groups in total. The van der Waals surface area contributed by atoms with Crippen LogP contribution < -0.4 is 4.57 Å². The van der Waals surface area contributed by atoms with Crippen LogP contribution in [0.1, 0.15) is 44.5 Å². The average Bonchev–Trinajstić information content (AvgIpc) is 2.45. The van der Waals surface area contributed by atoms with Crippen molar-refractivity contribution in [2.24, 2.45) is 0 Å². The van der Waals surface area contributed by atoms with Gasteiger partial charge in [0.25, 0.3) is 0 Å². The highest BCUT2D eigenvalue weighted by Gasteiger charge is 2.47. The molecule has 0 amide bonds. The minimum absolute atomic E-state index is 0.0981. The maximum Gasteiger partial charge on any atom is 0.188 e. The van der Waals surface area contributed by atoms with Crippen LogP contribution in [0.25, 0.3) is 0 Å². The lowest BCUT2D eigenvalue weighted by molar-refractivity contribution is -0.698. The molecule has 0 radical (unpaired) electrons. The number of hydrogen-bond donors (Lipinski definition) is 0. The SMILES string of the molecule is CC1(C)c2ccccc2C[n+]2ccccc2C1(C)C. The van der Waals surface area contributed by atoms with E-state index in [0.717, 1.165) is 6.54 Å². The molecule has 0 aliphatic carbocycles. The Morgan fingerprint density at radius 1 is 0.842 bits per heavy atom. The van der Waals surface area contributed by atoms with Crippen LogP contribution in [-0.4, -0.2) is 0 Å². The van der Waals surface area contributed by atoms with Gasteiger partial charge >= 0.3 is 0 Å². The summed E-state index contributed by atoms with van der Waals surface area (Å²) in [4.78, 5) is 0. The molecule has 0 unspecified atom stereocenters. The van der Waals surface area contributed by atoms with E-state index in [0.29, 0.717) is 0 Å². The highest BCUT2D eigenvalue weighted by atomic mass is 15.0. The first kappa shape index (κ1) is 12.4. The number of fused-ring (bicyclic) bond motifs is 2. The molecule has 0 fully saturated rings. The van der Waals surface area contributed by atoms with Gasteiger partial charge < -0.3 is 0 Å². The lowest BCUT2D eigenvalue weighted by Gasteiger charge is -2.39. The third-order valence-corrected chi connectivity index (χ3v) is 5.17. The van der Waals surface area contributed by atoms with Gasteiger partial charge in [-0.05, 0) is 19.4 Å². The van der Waals surface area contributed by atoms with E-state index in [9.17, 15) is 0 Å². The van der Waals surface area contributed by atoms with Crippen molar-refractivity contribution in [3.8, 4) is 0 Å². The van der Waals surface area contributed by atoms with Gasteiger partial charge in [-0.25, -0.2) is 0 Å². The molecular formula is C18H22N+. The predicted octanol–water partition coefficient (Wildman–Crippen LogP) is 3.59. The van der Waals surface area contributed by atoms with Gasteiger partial charge in [-0.2, -0.15) is 4.57 Å². The molecule has 0 saturated heterocycles. The van der Waals surface area contributed by atoms with Crippen molar-refractivity contribution in [1.82, 2.24) is 0 Å². The molecule has 19 heavy (non-hydrogen) atoms. The van der Waals surface area contributed by atoms with Crippen LogP contribution in [0.15, 0.2) is 48.7 Å². The van der Waals surface area contributed by atoms with E-state index in [-0.39, 0.29) is 10.8 Å². The zero-order chi connectivity index (χ0) is 13.7. The Bertz CT molecular complexity index is 568. The number of benzene rings is 1. The van der Waals surface area contributed by atoms with E-state index in [2.05, 4.69) is 80.9 Å². The van der Waals surface area contributed by atoms with E-state index >= 15 is 0 Å². The first-order valence-electron chi connectivity index (χ1n) is 7.02. The summed E-state index contributed by atoms with van der Waals surface area (Å²) in [7, 11) is 0. The maximum absolute atomic E-state index is 2.40. The highest BCUT2D eigenvalue weighted by Crippen LogP contribution is 2.45. The molecule has 3 rings (SSSR count). The first-order valence-corrected chi connectivity index (χ1v) is 7.02. The summed E-state index contributed by atoms with van der Waals surface area (Å²) in [6, 6.07) is 15.4. The molecule has 1 aromatic heterocycles. The monoisotopic (exact) mass is 252 g/mol. The number of hydrogen-bond acceptors (Lipinski definition) is 0. The zero-order valence-corrected chi connectivity index (χ0v) is 12.3. The third-order valence-electron chi connectivity index (χ3n) is 5.17. The largest absolute Gasteiger partial charge is 0.198 e. The smallest absolute Gasteiger partial charge is 0.188 e. The van der Waals surface area contributed by atoms with Crippen LogP contribution >= 0.6 is 0 Å². The molecule has 1 aromatic carbocycles. The fourth-order valence-corrected chi connectivity index (χ4v) is 3.29. The first-order chi connectivity index (χ1) is 8.94. The highest BCUT2D eigenvalue weighted by molar-refractivity contribution is 5.39. The maximum atomic E-state index is 2.40. The molecule has 2 heterocycles. The fraction of sp³-hybridized carbons (Fsp3) is 0.389. The molecule has 0 spiro atoms. The van der Waals surface area contributed by atoms with Gasteiger partial charge in [0.1, 0.15) is 0 Å². The van der Waals surface area contributed by atoms with Gasteiger partial charge in [-0.15, -0.1) is 0 Å². The summed E-state index contributed by atoms with van der Waals surface area (Å²) >= 11 is 0. The van der Waals surface area contributed by atoms with Crippen molar-refractivity contribution in [3.05, 3.63) is 65.5 Å². The number of aromatic nitrogens is 1. The number of pyridine rings is 1. The minimum atomic E-state index is 0.0981. The summed E-state index contributed by atoms with van der Waals surface area (Å²) in [5.41, 5.74) is 4.54. The summed E-state index contributed by atoms with van der Waals surface area (Å²) in [5.74, 6) is 0. The Kier molecular flexibility index (Phi) is 2.57. The van der Waals surface area contributed by atoms with Crippen molar-refractivity contribution < 1.29 is 4.57 Å². The van der Waals surface area contributed by atoms with Crippen molar-refractivity contribution in [2.45, 2.75) is 45.1 Å². The van der Waals surface area contributed by atoms with Crippen LogP contribution in [0.3, 0.4) is 0 Å². The average molecular weight is 252 g/mol. The molecule has 0 bridgehead atoms. The van der Waals surface area contributed by atoms with E-state index in [1.54, 1.807) is 0 Å². The summed E-state index contributed by atoms with van der Waals surface area (Å²) in [5, 5.41) is 0. The van der Waals surface area contributed by atoms with Gasteiger partial charge in [-0.3, -0.25) is 0 Å². The van der Waals surface area contributed by atoms with Crippen molar-refractivity contribution >= 4 is 0 Å². The lowest BCUT2D eigenvalue weighted by atomic mass is 9.62. The second kappa shape index (κ2) is 3.93. The van der Waals surface area contributed by atoms with Crippen LogP contribution in [0, 0.1) is 0 Å². The van der Waals surface area contributed by atoms with Crippen LogP contribution in [0.4, 0.5) is 0 Å². The Hall–Kier alpha value is -1.63. The summed E-state index contributed by atoms with van der Waals surface area (Å²) < 4.78 is 2.40. The molecule has 1 nitrogen and oxygen atoms in total. The Balaban J connectivity index is 2.35. The van der Waals surface area contributed by atoms with E-state index in [1.807, 2.05) is 0 Å². The van der Waals surface area contributed by atoms with Gasteiger partial charge in [-0.1, -0.05) is 44.2 Å². The van der Waals surface area contributed by atoms with Crippen molar-refractivity contribution in [3.63, 3.8) is 0 Å². The predicted molar refractivity (Wildman–Crippen MR) is 78.2 cm³/mol. The van der Waals surface area contributed by atoms with E-state index in [4.69, 9.17) is 0 Å². The molecular weight excluding hydrogens is 230 g/mol. The normalized spacial score (nSPS) is 19.2. The van der Waals surface area contributed by atoms with E-state index < -0.39 is 0 Å². The zero-order valence-electron chi connectivity index (χ0n) is 12.3. The Labute approximate surface area is 115 Å². The van der Waals surface area contributed by atoms with Gasteiger partial charge in [0.05, 0.1) is 5.41 Å². The molecule has 2 aromatic rings. The third kappa shape index (κ3) is 1.64. The second-order valence-corrected chi connectivity index (χ2v) is 6.62. The number of nitrogens with zero attached hydrogens (tertiary/aromatic N) is 1. The van der Waals surface area contributed by atoms with E-state index in [1.165, 1.54) is 16.8 Å². The second-order valence-electron chi connectivity index (χ2n) is 6.62. The van der Waals surface area contributed by atoms with Gasteiger partial charge in [0.2, 0.25) is 0 Å². The molecule has 1 aliphatic heterocycles.